The lowest BCUT2D eigenvalue weighted by molar-refractivity contribution is 0.254. The van der Waals surface area contributed by atoms with Gasteiger partial charge in [-0.2, -0.15) is 0 Å². The van der Waals surface area contributed by atoms with Crippen LogP contribution < -0.4 is 10.5 Å². The molecule has 0 heterocycles. The fraction of sp³-hybridized carbons (Fsp3) is 0.538. The molecule has 0 saturated heterocycles. The summed E-state index contributed by atoms with van der Waals surface area (Å²) in [5.41, 5.74) is 6.80. The largest absolute Gasteiger partial charge is 0.492 e. The minimum Gasteiger partial charge on any atom is -0.492 e. The van der Waals surface area contributed by atoms with Crippen LogP contribution in [0.5, 0.6) is 5.75 Å². The first-order valence-corrected chi connectivity index (χ1v) is 6.27. The summed E-state index contributed by atoms with van der Waals surface area (Å²) < 4.78 is 5.40. The normalized spacial score (nSPS) is 12.8. The van der Waals surface area contributed by atoms with Crippen molar-refractivity contribution < 1.29 is 4.74 Å². The first kappa shape index (κ1) is 14.3. The fourth-order valence-corrected chi connectivity index (χ4v) is 1.80. The average molecular weight is 257 g/mol. The molecule has 2 N–H and O–H groups in total. The average Bonchev–Trinajstić information content (AvgIpc) is 2.31. The summed E-state index contributed by atoms with van der Waals surface area (Å²) in [5, 5.41) is 0.665. The molecule has 0 aromatic heterocycles. The molecule has 17 heavy (non-hydrogen) atoms. The van der Waals surface area contributed by atoms with Crippen LogP contribution in [0.15, 0.2) is 18.2 Å². The van der Waals surface area contributed by atoms with E-state index in [1.54, 1.807) is 0 Å². The van der Waals surface area contributed by atoms with Crippen molar-refractivity contribution in [2.24, 2.45) is 5.73 Å². The Hall–Kier alpha value is -0.770. The Kier molecular flexibility index (Phi) is 5.75. The van der Waals surface area contributed by atoms with Gasteiger partial charge in [0.05, 0.1) is 11.6 Å². The first-order valence-electron chi connectivity index (χ1n) is 5.90. The molecule has 1 aromatic rings. The van der Waals surface area contributed by atoms with Gasteiger partial charge in [-0.1, -0.05) is 17.7 Å². The summed E-state index contributed by atoms with van der Waals surface area (Å²) in [6.07, 6.45) is 0. The van der Waals surface area contributed by atoms with Crippen LogP contribution in [-0.2, 0) is 6.54 Å². The van der Waals surface area contributed by atoms with Crippen molar-refractivity contribution >= 4 is 11.6 Å². The summed E-state index contributed by atoms with van der Waals surface area (Å²) >= 11 is 6.14. The van der Waals surface area contributed by atoms with Gasteiger partial charge in [-0.3, -0.25) is 4.90 Å². The number of halogens is 1. The molecule has 0 spiro atoms. The van der Waals surface area contributed by atoms with Crippen LogP contribution in [0.4, 0.5) is 0 Å². The van der Waals surface area contributed by atoms with Gasteiger partial charge in [0.15, 0.2) is 0 Å². The molecule has 0 radical (unpaired) electrons. The Balaban J connectivity index is 2.70. The maximum atomic E-state index is 6.14. The number of nitrogens with zero attached hydrogens (tertiary/aromatic N) is 1. The number of hydrogen-bond acceptors (Lipinski definition) is 3. The molecular weight excluding hydrogens is 236 g/mol. The molecule has 0 aliphatic rings. The van der Waals surface area contributed by atoms with E-state index in [0.29, 0.717) is 24.2 Å². The Morgan fingerprint density at radius 1 is 1.47 bits per heavy atom. The molecule has 0 fully saturated rings. The van der Waals surface area contributed by atoms with Gasteiger partial charge in [0.2, 0.25) is 0 Å². The summed E-state index contributed by atoms with van der Waals surface area (Å²) in [6.45, 7) is 6.17. The summed E-state index contributed by atoms with van der Waals surface area (Å²) in [5.74, 6) is 0.743. The van der Waals surface area contributed by atoms with Gasteiger partial charge in [-0.05, 0) is 38.6 Å². The molecule has 1 aromatic carbocycles. The second kappa shape index (κ2) is 6.84. The fourth-order valence-electron chi connectivity index (χ4n) is 1.54. The van der Waals surface area contributed by atoms with Gasteiger partial charge < -0.3 is 10.5 Å². The molecule has 1 unspecified atom stereocenters. The van der Waals surface area contributed by atoms with Crippen molar-refractivity contribution in [3.63, 3.8) is 0 Å². The first-order chi connectivity index (χ1) is 8.08. The Morgan fingerprint density at radius 3 is 2.71 bits per heavy atom. The predicted octanol–water partition coefficient (Wildman–Crippen LogP) is 2.52. The Morgan fingerprint density at radius 2 is 2.18 bits per heavy atom. The molecule has 1 rings (SSSR count). The number of rotatable bonds is 6. The van der Waals surface area contributed by atoms with E-state index in [4.69, 9.17) is 22.1 Å². The zero-order valence-corrected chi connectivity index (χ0v) is 11.5. The van der Waals surface area contributed by atoms with Crippen LogP contribution in [0.3, 0.4) is 0 Å². The second-order valence-corrected chi connectivity index (χ2v) is 4.60. The van der Waals surface area contributed by atoms with Crippen molar-refractivity contribution in [2.45, 2.75) is 26.4 Å². The van der Waals surface area contributed by atoms with Crippen molar-refractivity contribution in [1.82, 2.24) is 4.90 Å². The van der Waals surface area contributed by atoms with E-state index in [2.05, 4.69) is 18.9 Å². The molecule has 3 nitrogen and oxygen atoms in total. The highest BCUT2D eigenvalue weighted by molar-refractivity contribution is 6.32. The smallest absolute Gasteiger partial charge is 0.137 e. The third kappa shape index (κ3) is 4.19. The molecule has 0 aliphatic heterocycles. The van der Waals surface area contributed by atoms with Crippen molar-refractivity contribution in [1.29, 1.82) is 0 Å². The van der Waals surface area contributed by atoms with E-state index in [9.17, 15) is 0 Å². The minimum absolute atomic E-state index is 0.361. The van der Waals surface area contributed by atoms with Crippen molar-refractivity contribution in [3.05, 3.63) is 28.8 Å². The van der Waals surface area contributed by atoms with Gasteiger partial charge in [0, 0.05) is 19.1 Å². The standard InChI is InChI=1S/C13H21ClN2O/c1-4-17-13-6-5-11(7-12(13)14)9-16(3)10(2)8-15/h5-7,10H,4,8-9,15H2,1-3H3. The monoisotopic (exact) mass is 256 g/mol. The molecule has 0 amide bonds. The quantitative estimate of drug-likeness (QED) is 0.850. The SMILES string of the molecule is CCOc1ccc(CN(C)C(C)CN)cc1Cl. The predicted molar refractivity (Wildman–Crippen MR) is 72.6 cm³/mol. The van der Waals surface area contributed by atoms with Crippen LogP contribution in [-0.4, -0.2) is 31.1 Å². The van der Waals surface area contributed by atoms with Gasteiger partial charge in [0.1, 0.15) is 5.75 Å². The van der Waals surface area contributed by atoms with E-state index in [1.807, 2.05) is 25.1 Å². The number of benzene rings is 1. The van der Waals surface area contributed by atoms with Crippen molar-refractivity contribution in [2.75, 3.05) is 20.2 Å². The molecule has 4 heteroatoms. The number of ether oxygens (including phenoxy) is 1. The zero-order valence-electron chi connectivity index (χ0n) is 10.7. The Labute approximate surface area is 109 Å². The maximum Gasteiger partial charge on any atom is 0.137 e. The molecular formula is C13H21ClN2O. The third-order valence-electron chi connectivity index (χ3n) is 2.82. The van der Waals surface area contributed by atoms with Gasteiger partial charge in [-0.15, -0.1) is 0 Å². The lowest BCUT2D eigenvalue weighted by Crippen LogP contribution is -2.34. The van der Waals surface area contributed by atoms with Crippen LogP contribution >= 0.6 is 11.6 Å². The topological polar surface area (TPSA) is 38.5 Å². The maximum absolute atomic E-state index is 6.14. The number of nitrogens with two attached hydrogens (primary N) is 1. The summed E-state index contributed by atoms with van der Waals surface area (Å²) in [4.78, 5) is 2.20. The number of likely N-dealkylation sites (N-methyl/N-ethyl adjacent to an activating group) is 1. The van der Waals surface area contributed by atoms with E-state index >= 15 is 0 Å². The highest BCUT2D eigenvalue weighted by Crippen LogP contribution is 2.25. The van der Waals surface area contributed by atoms with Crippen molar-refractivity contribution in [3.8, 4) is 5.75 Å². The molecule has 1 atom stereocenters. The van der Waals surface area contributed by atoms with Gasteiger partial charge in [0.25, 0.3) is 0 Å². The molecule has 0 saturated carbocycles. The number of hydrogen-bond donors (Lipinski definition) is 1. The van der Waals surface area contributed by atoms with Crippen LogP contribution in [0.1, 0.15) is 19.4 Å². The van der Waals surface area contributed by atoms with E-state index in [-0.39, 0.29) is 0 Å². The van der Waals surface area contributed by atoms with Gasteiger partial charge >= 0.3 is 0 Å². The summed E-state index contributed by atoms with van der Waals surface area (Å²) in [6, 6.07) is 6.27. The lowest BCUT2D eigenvalue weighted by atomic mass is 10.2. The highest BCUT2D eigenvalue weighted by atomic mass is 35.5. The second-order valence-electron chi connectivity index (χ2n) is 4.20. The molecule has 96 valence electrons. The van der Waals surface area contributed by atoms with E-state index in [0.717, 1.165) is 12.3 Å². The highest BCUT2D eigenvalue weighted by Gasteiger charge is 2.09. The minimum atomic E-state index is 0.361. The third-order valence-corrected chi connectivity index (χ3v) is 3.12. The van der Waals surface area contributed by atoms with E-state index in [1.165, 1.54) is 5.56 Å². The van der Waals surface area contributed by atoms with Crippen LogP contribution in [0.2, 0.25) is 5.02 Å². The van der Waals surface area contributed by atoms with Gasteiger partial charge in [-0.25, -0.2) is 0 Å². The van der Waals surface area contributed by atoms with Crippen LogP contribution in [0.25, 0.3) is 0 Å². The van der Waals surface area contributed by atoms with Crippen LogP contribution in [0, 0.1) is 0 Å². The molecule has 0 aliphatic carbocycles. The van der Waals surface area contributed by atoms with E-state index < -0.39 is 0 Å². The lowest BCUT2D eigenvalue weighted by Gasteiger charge is -2.23. The Bertz CT molecular complexity index is 357. The zero-order chi connectivity index (χ0) is 12.8. The molecule has 0 bridgehead atoms. The summed E-state index contributed by atoms with van der Waals surface area (Å²) in [7, 11) is 2.06.